The summed E-state index contributed by atoms with van der Waals surface area (Å²) in [5.41, 5.74) is 1.96. The summed E-state index contributed by atoms with van der Waals surface area (Å²) in [7, 11) is 0. The van der Waals surface area contributed by atoms with Gasteiger partial charge in [0.25, 0.3) is 0 Å². The summed E-state index contributed by atoms with van der Waals surface area (Å²) in [4.78, 5) is 11.9. The van der Waals surface area contributed by atoms with Crippen molar-refractivity contribution < 1.29 is 9.53 Å². The van der Waals surface area contributed by atoms with Crippen molar-refractivity contribution in [2.75, 3.05) is 6.61 Å². The molecule has 0 aliphatic carbocycles. The molecule has 0 bridgehead atoms. The lowest BCUT2D eigenvalue weighted by molar-refractivity contribution is 0.0978. The Morgan fingerprint density at radius 1 is 1.53 bits per heavy atom. The van der Waals surface area contributed by atoms with Crippen LogP contribution in [0.2, 0.25) is 0 Å². The van der Waals surface area contributed by atoms with Crippen molar-refractivity contribution in [3.8, 4) is 5.75 Å². The molecule has 0 fully saturated rings. The molecule has 0 amide bonds. The van der Waals surface area contributed by atoms with Gasteiger partial charge in [-0.05, 0) is 46.7 Å². The first-order valence-electron chi connectivity index (χ1n) is 5.20. The molecule has 80 valence electrons. The molecule has 2 nitrogen and oxygen atoms in total. The van der Waals surface area contributed by atoms with E-state index in [1.807, 2.05) is 13.0 Å². The number of halogens is 1. The van der Waals surface area contributed by atoms with Crippen LogP contribution in [0, 0.1) is 3.57 Å². The van der Waals surface area contributed by atoms with Crippen LogP contribution in [-0.2, 0) is 6.42 Å². The highest BCUT2D eigenvalue weighted by Gasteiger charge is 2.20. The lowest BCUT2D eigenvalue weighted by Gasteiger charge is -2.07. The summed E-state index contributed by atoms with van der Waals surface area (Å²) in [5, 5.41) is 0. The maximum atomic E-state index is 11.9. The van der Waals surface area contributed by atoms with E-state index >= 15 is 0 Å². The number of ether oxygens (including phenoxy) is 1. The average Bonchev–Trinajstić information content (AvgIpc) is 2.64. The zero-order valence-corrected chi connectivity index (χ0v) is 10.8. The normalized spacial score (nSPS) is 13.5. The predicted octanol–water partition coefficient (Wildman–Crippen LogP) is 3.21. The number of fused-ring (bicyclic) bond motifs is 1. The van der Waals surface area contributed by atoms with Crippen LogP contribution < -0.4 is 4.74 Å². The quantitative estimate of drug-likeness (QED) is 0.632. The SMILES string of the molecule is CCCC(=O)c1cc(I)cc2c1OCC2. The van der Waals surface area contributed by atoms with E-state index < -0.39 is 0 Å². The van der Waals surface area contributed by atoms with Crippen molar-refractivity contribution in [1.82, 2.24) is 0 Å². The van der Waals surface area contributed by atoms with Crippen LogP contribution in [0.1, 0.15) is 35.7 Å². The van der Waals surface area contributed by atoms with Crippen molar-refractivity contribution in [1.29, 1.82) is 0 Å². The third-order valence-electron chi connectivity index (χ3n) is 2.53. The molecule has 0 aromatic heterocycles. The van der Waals surface area contributed by atoms with Crippen molar-refractivity contribution in [3.05, 3.63) is 26.8 Å². The first kappa shape index (κ1) is 10.9. The van der Waals surface area contributed by atoms with E-state index in [0.29, 0.717) is 13.0 Å². The largest absolute Gasteiger partial charge is 0.492 e. The molecule has 0 saturated heterocycles. The molecule has 0 saturated carbocycles. The molecule has 1 aliphatic rings. The third kappa shape index (κ3) is 2.17. The summed E-state index contributed by atoms with van der Waals surface area (Å²) in [6.45, 7) is 2.73. The lowest BCUT2D eigenvalue weighted by atomic mass is 10.0. The second-order valence-corrected chi connectivity index (χ2v) is 4.96. The molecule has 1 aromatic rings. The molecule has 0 atom stereocenters. The number of carbonyl (C=O) groups is 1. The minimum atomic E-state index is 0.203. The van der Waals surface area contributed by atoms with Gasteiger partial charge in [-0.15, -0.1) is 0 Å². The van der Waals surface area contributed by atoms with Gasteiger partial charge >= 0.3 is 0 Å². The fourth-order valence-electron chi connectivity index (χ4n) is 1.84. The number of Topliss-reactive ketones (excluding diaryl/α,β-unsaturated/α-hetero) is 1. The Bertz CT molecular complexity index is 399. The van der Waals surface area contributed by atoms with Gasteiger partial charge in [-0.25, -0.2) is 0 Å². The van der Waals surface area contributed by atoms with Crippen molar-refractivity contribution in [2.24, 2.45) is 0 Å². The summed E-state index contributed by atoms with van der Waals surface area (Å²) < 4.78 is 6.65. The Labute approximate surface area is 103 Å². The highest BCUT2D eigenvalue weighted by molar-refractivity contribution is 14.1. The van der Waals surface area contributed by atoms with Crippen LogP contribution in [0.4, 0.5) is 0 Å². The molecule has 2 rings (SSSR count). The highest BCUT2D eigenvalue weighted by Crippen LogP contribution is 2.32. The lowest BCUT2D eigenvalue weighted by Crippen LogP contribution is -2.02. The zero-order chi connectivity index (χ0) is 10.8. The number of rotatable bonds is 3. The number of benzene rings is 1. The maximum absolute atomic E-state index is 11.9. The number of ketones is 1. The van der Waals surface area contributed by atoms with Crippen LogP contribution in [0.25, 0.3) is 0 Å². The summed E-state index contributed by atoms with van der Waals surface area (Å²) in [6.07, 6.45) is 2.42. The highest BCUT2D eigenvalue weighted by atomic mass is 127. The second kappa shape index (κ2) is 4.51. The van der Waals surface area contributed by atoms with Gasteiger partial charge in [-0.2, -0.15) is 0 Å². The van der Waals surface area contributed by atoms with Gasteiger partial charge in [-0.1, -0.05) is 6.92 Å². The Kier molecular flexibility index (Phi) is 3.29. The molecule has 15 heavy (non-hydrogen) atoms. The van der Waals surface area contributed by atoms with E-state index in [4.69, 9.17) is 4.74 Å². The van der Waals surface area contributed by atoms with Crippen molar-refractivity contribution in [3.63, 3.8) is 0 Å². The minimum absolute atomic E-state index is 0.203. The van der Waals surface area contributed by atoms with Crippen molar-refractivity contribution >= 4 is 28.4 Å². The molecular weight excluding hydrogens is 303 g/mol. The first-order valence-corrected chi connectivity index (χ1v) is 6.28. The summed E-state index contributed by atoms with van der Waals surface area (Å²) in [6, 6.07) is 4.04. The number of hydrogen-bond donors (Lipinski definition) is 0. The van der Waals surface area contributed by atoms with E-state index in [1.165, 1.54) is 5.56 Å². The number of carbonyl (C=O) groups excluding carboxylic acids is 1. The van der Waals surface area contributed by atoms with E-state index in [0.717, 1.165) is 27.7 Å². The van der Waals surface area contributed by atoms with Gasteiger partial charge in [0.2, 0.25) is 0 Å². The first-order chi connectivity index (χ1) is 7.22. The van der Waals surface area contributed by atoms with Crippen LogP contribution in [0.15, 0.2) is 12.1 Å². The summed E-state index contributed by atoms with van der Waals surface area (Å²) >= 11 is 2.25. The van der Waals surface area contributed by atoms with Crippen LogP contribution in [0.3, 0.4) is 0 Å². The molecule has 0 radical (unpaired) electrons. The van der Waals surface area contributed by atoms with E-state index in [2.05, 4.69) is 28.7 Å². The van der Waals surface area contributed by atoms with Gasteiger partial charge in [0.15, 0.2) is 5.78 Å². The fraction of sp³-hybridized carbons (Fsp3) is 0.417. The molecule has 0 spiro atoms. The number of hydrogen-bond acceptors (Lipinski definition) is 2. The molecular formula is C12H13IO2. The van der Waals surface area contributed by atoms with Crippen molar-refractivity contribution in [2.45, 2.75) is 26.2 Å². The predicted molar refractivity (Wildman–Crippen MR) is 67.6 cm³/mol. The Hall–Kier alpha value is -0.580. The maximum Gasteiger partial charge on any atom is 0.166 e. The van der Waals surface area contributed by atoms with E-state index in [9.17, 15) is 4.79 Å². The Morgan fingerprint density at radius 3 is 3.07 bits per heavy atom. The van der Waals surface area contributed by atoms with Crippen LogP contribution in [-0.4, -0.2) is 12.4 Å². The van der Waals surface area contributed by atoms with E-state index in [1.54, 1.807) is 0 Å². The molecule has 3 heteroatoms. The van der Waals surface area contributed by atoms with Gasteiger partial charge < -0.3 is 4.74 Å². The van der Waals surface area contributed by atoms with Crippen LogP contribution >= 0.6 is 22.6 Å². The van der Waals surface area contributed by atoms with Gasteiger partial charge in [-0.3, -0.25) is 4.79 Å². The molecule has 1 aromatic carbocycles. The average molecular weight is 316 g/mol. The molecule has 0 unspecified atom stereocenters. The monoisotopic (exact) mass is 316 g/mol. The molecule has 0 N–H and O–H groups in total. The summed E-state index contributed by atoms with van der Waals surface area (Å²) in [5.74, 6) is 1.03. The Morgan fingerprint density at radius 2 is 2.33 bits per heavy atom. The van der Waals surface area contributed by atoms with Gasteiger partial charge in [0.05, 0.1) is 12.2 Å². The van der Waals surface area contributed by atoms with E-state index in [-0.39, 0.29) is 5.78 Å². The third-order valence-corrected chi connectivity index (χ3v) is 3.15. The van der Waals surface area contributed by atoms with Crippen LogP contribution in [0.5, 0.6) is 5.75 Å². The van der Waals surface area contributed by atoms with Gasteiger partial charge in [0, 0.05) is 16.4 Å². The molecule has 1 aliphatic heterocycles. The van der Waals surface area contributed by atoms with Gasteiger partial charge in [0.1, 0.15) is 5.75 Å². The Balaban J connectivity index is 2.42. The molecule has 1 heterocycles. The fourth-order valence-corrected chi connectivity index (χ4v) is 2.53. The topological polar surface area (TPSA) is 26.3 Å². The zero-order valence-electron chi connectivity index (χ0n) is 8.68. The smallest absolute Gasteiger partial charge is 0.166 e. The second-order valence-electron chi connectivity index (χ2n) is 3.71. The minimum Gasteiger partial charge on any atom is -0.492 e. The standard InChI is InChI=1S/C12H13IO2/c1-2-3-11(14)10-7-9(13)6-8-4-5-15-12(8)10/h6-7H,2-5H2,1H3.